The minimum absolute atomic E-state index is 1.02. The van der Waals surface area contributed by atoms with Gasteiger partial charge in [0.2, 0.25) is 0 Å². The molecule has 260 valence electrons. The van der Waals surface area contributed by atoms with Gasteiger partial charge in [0.1, 0.15) is 0 Å². The molecule has 0 saturated carbocycles. The summed E-state index contributed by atoms with van der Waals surface area (Å²) in [5.41, 5.74) is 13.9. The van der Waals surface area contributed by atoms with Crippen LogP contribution >= 0.6 is 0 Å². The molecule has 0 aliphatic heterocycles. The summed E-state index contributed by atoms with van der Waals surface area (Å²) in [6.07, 6.45) is 3.82. The standard InChI is InChI=1S/C54H34N2/c1-2-14-38(15-3-1)51-45-20-8-6-18-43(45)49(47-23-11-33-55-53(47)51)39-29-25-35(26-30-39)36-27-31-40(32-28-36)50-44-19-7-9-21-46(44)52(54-48(50)24-12-34-56-54)42-22-10-16-37-13-4-5-17-41(37)42/h1-34H. The number of rotatable bonds is 5. The van der Waals surface area contributed by atoms with Crippen LogP contribution in [0.1, 0.15) is 0 Å². The Morgan fingerprint density at radius 3 is 1.20 bits per heavy atom. The van der Waals surface area contributed by atoms with E-state index in [1.165, 1.54) is 88.0 Å². The van der Waals surface area contributed by atoms with Crippen molar-refractivity contribution in [2.24, 2.45) is 0 Å². The van der Waals surface area contributed by atoms with Gasteiger partial charge in [0.05, 0.1) is 11.0 Å². The maximum absolute atomic E-state index is 5.05. The van der Waals surface area contributed by atoms with Gasteiger partial charge in [0.15, 0.2) is 0 Å². The highest BCUT2D eigenvalue weighted by Crippen LogP contribution is 2.46. The van der Waals surface area contributed by atoms with Crippen molar-refractivity contribution in [1.82, 2.24) is 9.97 Å². The summed E-state index contributed by atoms with van der Waals surface area (Å²) in [5, 5.41) is 9.63. The molecule has 2 heteroatoms. The van der Waals surface area contributed by atoms with Crippen molar-refractivity contribution in [2.75, 3.05) is 0 Å². The molecule has 11 aromatic rings. The number of benzene rings is 9. The van der Waals surface area contributed by atoms with Crippen molar-refractivity contribution >= 4 is 54.1 Å². The minimum atomic E-state index is 1.02. The Bertz CT molecular complexity index is 3150. The van der Waals surface area contributed by atoms with Gasteiger partial charge in [-0.15, -0.1) is 0 Å². The van der Waals surface area contributed by atoms with Crippen molar-refractivity contribution in [1.29, 1.82) is 0 Å². The third kappa shape index (κ3) is 5.11. The summed E-state index contributed by atoms with van der Waals surface area (Å²) in [7, 11) is 0. The zero-order chi connectivity index (χ0) is 37.0. The number of pyridine rings is 2. The van der Waals surface area contributed by atoms with Crippen LogP contribution < -0.4 is 0 Å². The number of hydrogen-bond acceptors (Lipinski definition) is 2. The molecule has 0 saturated heterocycles. The second-order valence-electron chi connectivity index (χ2n) is 14.4. The van der Waals surface area contributed by atoms with Crippen LogP contribution in [0.4, 0.5) is 0 Å². The van der Waals surface area contributed by atoms with Crippen LogP contribution in [0.2, 0.25) is 0 Å². The van der Waals surface area contributed by atoms with Crippen molar-refractivity contribution in [3.05, 3.63) is 207 Å². The average Bonchev–Trinajstić information content (AvgIpc) is 3.27. The average molecular weight is 711 g/mol. The zero-order valence-electron chi connectivity index (χ0n) is 30.5. The fourth-order valence-corrected chi connectivity index (χ4v) is 8.89. The van der Waals surface area contributed by atoms with Gasteiger partial charge in [-0.25, -0.2) is 0 Å². The molecule has 0 aliphatic carbocycles. The van der Waals surface area contributed by atoms with Crippen LogP contribution in [-0.4, -0.2) is 9.97 Å². The van der Waals surface area contributed by atoms with E-state index >= 15 is 0 Å². The lowest BCUT2D eigenvalue weighted by atomic mass is 9.86. The summed E-state index contributed by atoms with van der Waals surface area (Å²) in [6, 6.07) is 70.0. The van der Waals surface area contributed by atoms with Gasteiger partial charge in [0.25, 0.3) is 0 Å². The molecular formula is C54H34N2. The Balaban J connectivity index is 1.02. The molecule has 2 aromatic heterocycles. The summed E-state index contributed by atoms with van der Waals surface area (Å²) in [6.45, 7) is 0. The van der Waals surface area contributed by atoms with Crippen LogP contribution in [0.3, 0.4) is 0 Å². The van der Waals surface area contributed by atoms with Gasteiger partial charge in [-0.2, -0.15) is 0 Å². The number of nitrogens with zero attached hydrogens (tertiary/aromatic N) is 2. The third-order valence-electron chi connectivity index (χ3n) is 11.4. The summed E-state index contributed by atoms with van der Waals surface area (Å²) < 4.78 is 0. The fourth-order valence-electron chi connectivity index (χ4n) is 8.89. The number of fused-ring (bicyclic) bond motifs is 5. The second kappa shape index (κ2) is 13.2. The normalized spacial score (nSPS) is 11.6. The molecule has 0 fully saturated rings. The van der Waals surface area contributed by atoms with E-state index in [1.54, 1.807) is 0 Å². The Morgan fingerprint density at radius 2 is 0.625 bits per heavy atom. The number of aromatic nitrogens is 2. The first-order valence-corrected chi connectivity index (χ1v) is 19.2. The minimum Gasteiger partial charge on any atom is -0.256 e. The monoisotopic (exact) mass is 710 g/mol. The summed E-state index contributed by atoms with van der Waals surface area (Å²) in [4.78, 5) is 10.0. The molecule has 0 spiro atoms. The van der Waals surface area contributed by atoms with Gasteiger partial charge in [-0.3, -0.25) is 9.97 Å². The maximum Gasteiger partial charge on any atom is 0.0793 e. The van der Waals surface area contributed by atoms with E-state index in [9.17, 15) is 0 Å². The van der Waals surface area contributed by atoms with Crippen LogP contribution in [0, 0.1) is 0 Å². The Morgan fingerprint density at radius 1 is 0.232 bits per heavy atom. The van der Waals surface area contributed by atoms with Crippen LogP contribution in [0.5, 0.6) is 0 Å². The molecular weight excluding hydrogens is 677 g/mol. The molecule has 2 nitrogen and oxygen atoms in total. The van der Waals surface area contributed by atoms with Crippen molar-refractivity contribution in [2.45, 2.75) is 0 Å². The van der Waals surface area contributed by atoms with E-state index in [1.807, 2.05) is 18.5 Å². The van der Waals surface area contributed by atoms with Crippen molar-refractivity contribution < 1.29 is 0 Å². The first kappa shape index (κ1) is 32.0. The molecule has 0 unspecified atom stereocenters. The highest BCUT2D eigenvalue weighted by molar-refractivity contribution is 6.23. The first-order valence-electron chi connectivity index (χ1n) is 19.2. The molecule has 11 rings (SSSR count). The Labute approximate surface area is 325 Å². The molecule has 0 bridgehead atoms. The molecule has 0 atom stereocenters. The van der Waals surface area contributed by atoms with E-state index in [0.29, 0.717) is 0 Å². The molecule has 0 N–H and O–H groups in total. The van der Waals surface area contributed by atoms with Gasteiger partial charge in [0, 0.05) is 34.3 Å². The summed E-state index contributed by atoms with van der Waals surface area (Å²) >= 11 is 0. The highest BCUT2D eigenvalue weighted by atomic mass is 14.7. The second-order valence-corrected chi connectivity index (χ2v) is 14.4. The topological polar surface area (TPSA) is 25.8 Å². The maximum atomic E-state index is 5.05. The van der Waals surface area contributed by atoms with E-state index in [2.05, 4.69) is 188 Å². The molecule has 9 aromatic carbocycles. The van der Waals surface area contributed by atoms with Crippen molar-refractivity contribution in [3.63, 3.8) is 0 Å². The Kier molecular flexibility index (Phi) is 7.53. The molecule has 0 aliphatic rings. The Hall–Kier alpha value is -7.42. The van der Waals surface area contributed by atoms with Crippen molar-refractivity contribution in [3.8, 4) is 55.6 Å². The van der Waals surface area contributed by atoms with E-state index < -0.39 is 0 Å². The van der Waals surface area contributed by atoms with Crippen LogP contribution in [-0.2, 0) is 0 Å². The van der Waals surface area contributed by atoms with E-state index in [0.717, 1.165) is 21.8 Å². The van der Waals surface area contributed by atoms with Gasteiger partial charge in [-0.05, 0) is 89.0 Å². The molecule has 2 heterocycles. The van der Waals surface area contributed by atoms with E-state index in [-0.39, 0.29) is 0 Å². The van der Waals surface area contributed by atoms with E-state index in [4.69, 9.17) is 9.97 Å². The zero-order valence-corrected chi connectivity index (χ0v) is 30.5. The largest absolute Gasteiger partial charge is 0.256 e. The predicted molar refractivity (Wildman–Crippen MR) is 237 cm³/mol. The predicted octanol–water partition coefficient (Wildman–Crippen LogP) is 14.6. The molecule has 0 amide bonds. The van der Waals surface area contributed by atoms with Gasteiger partial charge < -0.3 is 0 Å². The molecule has 56 heavy (non-hydrogen) atoms. The molecule has 0 radical (unpaired) electrons. The highest BCUT2D eigenvalue weighted by Gasteiger charge is 2.20. The quantitative estimate of drug-likeness (QED) is 0.166. The van der Waals surface area contributed by atoms with Gasteiger partial charge >= 0.3 is 0 Å². The fraction of sp³-hybridized carbons (Fsp3) is 0. The number of hydrogen-bond donors (Lipinski definition) is 0. The van der Waals surface area contributed by atoms with Gasteiger partial charge in [-0.1, -0.05) is 182 Å². The van der Waals surface area contributed by atoms with Crippen LogP contribution in [0.25, 0.3) is 110 Å². The smallest absolute Gasteiger partial charge is 0.0793 e. The lowest BCUT2D eigenvalue weighted by Gasteiger charge is -2.18. The first-order chi connectivity index (χ1) is 27.8. The lowest BCUT2D eigenvalue weighted by Crippen LogP contribution is -1.93. The lowest BCUT2D eigenvalue weighted by molar-refractivity contribution is 1.42. The van der Waals surface area contributed by atoms with Crippen LogP contribution in [0.15, 0.2) is 207 Å². The SMILES string of the molecule is c1ccc(-c2c3ccccc3c(-c3ccc(-c4ccc(-c5c6ccccc6c(-c6cccc7ccccc67)c6ncccc56)cc4)cc3)c3cccnc23)cc1. The third-order valence-corrected chi connectivity index (χ3v) is 11.4. The summed E-state index contributed by atoms with van der Waals surface area (Å²) in [5.74, 6) is 0.